The van der Waals surface area contributed by atoms with E-state index in [2.05, 4.69) is 31.6 Å². The van der Waals surface area contributed by atoms with E-state index >= 15 is 0 Å². The number of amides is 1. The number of rotatable bonds is 6. The van der Waals surface area contributed by atoms with Crippen molar-refractivity contribution in [3.05, 3.63) is 68.1 Å². The van der Waals surface area contributed by atoms with Crippen molar-refractivity contribution < 1.29 is 18.6 Å². The molecule has 0 aromatic carbocycles. The van der Waals surface area contributed by atoms with E-state index < -0.39 is 10.8 Å². The Morgan fingerprint density at radius 2 is 2.23 bits per heavy atom. The van der Waals surface area contributed by atoms with Crippen LogP contribution >= 0.6 is 15.9 Å². The summed E-state index contributed by atoms with van der Waals surface area (Å²) in [7, 11) is 0. The van der Waals surface area contributed by atoms with Gasteiger partial charge in [0.1, 0.15) is 28.3 Å². The fraction of sp³-hybridized carbons (Fsp3) is 0.133. The molecule has 0 saturated carbocycles. The van der Waals surface area contributed by atoms with Crippen LogP contribution in [0.25, 0.3) is 0 Å². The molecule has 1 N–H and O–H groups in total. The van der Waals surface area contributed by atoms with Crippen molar-refractivity contribution in [2.24, 2.45) is 5.10 Å². The minimum Gasteiger partial charge on any atom is -0.460 e. The zero-order valence-electron chi connectivity index (χ0n) is 13.4. The second kappa shape index (κ2) is 7.35. The van der Waals surface area contributed by atoms with E-state index in [1.165, 1.54) is 23.2 Å². The summed E-state index contributed by atoms with van der Waals surface area (Å²) in [6.45, 7) is 1.93. The van der Waals surface area contributed by atoms with Gasteiger partial charge in [0.15, 0.2) is 5.76 Å². The highest BCUT2D eigenvalue weighted by Gasteiger charge is 2.19. The summed E-state index contributed by atoms with van der Waals surface area (Å²) in [5.41, 5.74) is 2.32. The fourth-order valence-corrected chi connectivity index (χ4v) is 2.53. The SMILES string of the molecule is Cc1ccc(/C=N/NC(=O)c2ccc(Cn3cc(Br)c([N+](=O)[O-])n3)o2)o1. The van der Waals surface area contributed by atoms with Gasteiger partial charge in [0.05, 0.1) is 17.5 Å². The number of hydrazone groups is 1. The Balaban J connectivity index is 1.62. The van der Waals surface area contributed by atoms with Gasteiger partial charge in [-0.05, 0) is 52.0 Å². The molecule has 3 rings (SSSR count). The second-order valence-corrected chi connectivity index (χ2v) is 6.02. The molecule has 0 aliphatic heterocycles. The predicted octanol–water partition coefficient (Wildman–Crippen LogP) is 2.86. The van der Waals surface area contributed by atoms with Crippen LogP contribution < -0.4 is 5.43 Å². The Bertz CT molecular complexity index is 986. The lowest BCUT2D eigenvalue weighted by molar-refractivity contribution is -0.390. The van der Waals surface area contributed by atoms with Gasteiger partial charge in [-0.25, -0.2) is 5.43 Å². The van der Waals surface area contributed by atoms with Gasteiger partial charge in [0, 0.05) is 0 Å². The normalized spacial score (nSPS) is 11.2. The average molecular weight is 422 g/mol. The molecular formula is C15H12BrN5O5. The minimum atomic E-state index is -0.597. The van der Waals surface area contributed by atoms with Crippen LogP contribution in [-0.2, 0) is 6.54 Å². The number of carbonyl (C=O) groups is 1. The first-order valence-electron chi connectivity index (χ1n) is 7.28. The van der Waals surface area contributed by atoms with E-state index in [1.54, 1.807) is 25.1 Å². The summed E-state index contributed by atoms with van der Waals surface area (Å²) in [6.07, 6.45) is 2.82. The summed E-state index contributed by atoms with van der Waals surface area (Å²) >= 11 is 3.07. The maximum atomic E-state index is 12.0. The number of aryl methyl sites for hydroxylation is 1. The monoisotopic (exact) mass is 421 g/mol. The largest absolute Gasteiger partial charge is 0.460 e. The van der Waals surface area contributed by atoms with Crippen LogP contribution in [-0.4, -0.2) is 26.8 Å². The van der Waals surface area contributed by atoms with E-state index in [0.29, 0.717) is 11.5 Å². The number of nitro groups is 1. The zero-order valence-corrected chi connectivity index (χ0v) is 15.0. The molecule has 134 valence electrons. The van der Waals surface area contributed by atoms with Crippen LogP contribution in [0, 0.1) is 17.0 Å². The van der Waals surface area contributed by atoms with Crippen molar-refractivity contribution in [3.8, 4) is 0 Å². The topological polar surface area (TPSA) is 129 Å². The molecule has 3 aromatic heterocycles. The summed E-state index contributed by atoms with van der Waals surface area (Å²) < 4.78 is 12.3. The predicted molar refractivity (Wildman–Crippen MR) is 92.9 cm³/mol. The maximum absolute atomic E-state index is 12.0. The lowest BCUT2D eigenvalue weighted by Crippen LogP contribution is -2.16. The Kier molecular flexibility index (Phi) is 4.98. The molecule has 10 nitrogen and oxygen atoms in total. The molecule has 0 saturated heterocycles. The van der Waals surface area contributed by atoms with E-state index in [0.717, 1.165) is 5.76 Å². The number of nitrogens with zero attached hydrogens (tertiary/aromatic N) is 4. The summed E-state index contributed by atoms with van der Waals surface area (Å²) in [5, 5.41) is 18.4. The summed E-state index contributed by atoms with van der Waals surface area (Å²) in [5.74, 6) is 0.868. The van der Waals surface area contributed by atoms with Crippen molar-refractivity contribution in [3.63, 3.8) is 0 Å². The molecule has 3 heterocycles. The van der Waals surface area contributed by atoms with Crippen molar-refractivity contribution in [2.45, 2.75) is 13.5 Å². The summed E-state index contributed by atoms with van der Waals surface area (Å²) in [4.78, 5) is 22.2. The lowest BCUT2D eigenvalue weighted by atomic mass is 10.4. The lowest BCUT2D eigenvalue weighted by Gasteiger charge is -1.96. The first-order chi connectivity index (χ1) is 12.4. The average Bonchev–Trinajstić information content (AvgIpc) is 3.28. The van der Waals surface area contributed by atoms with Gasteiger partial charge >= 0.3 is 11.7 Å². The molecular weight excluding hydrogens is 410 g/mol. The Morgan fingerprint density at radius 1 is 1.42 bits per heavy atom. The van der Waals surface area contributed by atoms with Crippen LogP contribution in [0.4, 0.5) is 5.82 Å². The van der Waals surface area contributed by atoms with E-state index in [4.69, 9.17) is 8.83 Å². The number of halogens is 1. The third-order valence-electron chi connectivity index (χ3n) is 3.19. The van der Waals surface area contributed by atoms with Crippen LogP contribution in [0.15, 0.2) is 48.9 Å². The van der Waals surface area contributed by atoms with Gasteiger partial charge in [0.2, 0.25) is 0 Å². The molecule has 0 bridgehead atoms. The Morgan fingerprint density at radius 3 is 2.88 bits per heavy atom. The Labute approximate surface area is 154 Å². The van der Waals surface area contributed by atoms with Crippen molar-refractivity contribution in [1.82, 2.24) is 15.2 Å². The molecule has 0 aliphatic carbocycles. The third kappa shape index (κ3) is 4.06. The molecule has 11 heteroatoms. The highest BCUT2D eigenvalue weighted by atomic mass is 79.9. The molecule has 0 aliphatic rings. The number of nitrogens with one attached hydrogen (secondary N) is 1. The van der Waals surface area contributed by atoms with E-state index in [1.807, 2.05) is 0 Å². The van der Waals surface area contributed by atoms with Crippen LogP contribution in [0.3, 0.4) is 0 Å². The number of aromatic nitrogens is 2. The molecule has 0 unspecified atom stereocenters. The van der Waals surface area contributed by atoms with Gasteiger partial charge in [-0.2, -0.15) is 9.78 Å². The van der Waals surface area contributed by atoms with Gasteiger partial charge in [-0.1, -0.05) is 0 Å². The minimum absolute atomic E-state index is 0.0495. The van der Waals surface area contributed by atoms with Crippen molar-refractivity contribution >= 4 is 33.9 Å². The number of carbonyl (C=O) groups excluding carboxylic acids is 1. The molecule has 1 amide bonds. The number of hydrogen-bond donors (Lipinski definition) is 1. The number of furan rings is 2. The Hall–Kier alpha value is -3.21. The highest BCUT2D eigenvalue weighted by molar-refractivity contribution is 9.10. The van der Waals surface area contributed by atoms with Gasteiger partial charge in [0.25, 0.3) is 0 Å². The quantitative estimate of drug-likeness (QED) is 0.370. The molecule has 0 spiro atoms. The highest BCUT2D eigenvalue weighted by Crippen LogP contribution is 2.22. The molecule has 0 radical (unpaired) electrons. The summed E-state index contributed by atoms with van der Waals surface area (Å²) in [6, 6.07) is 6.55. The standard InChI is InChI=1S/C15H12BrN5O5/c1-9-2-3-10(25-9)6-17-18-15(22)13-5-4-11(26-13)7-20-8-12(16)14(19-20)21(23)24/h2-6,8H,7H2,1H3,(H,18,22)/b17-6+. The van der Waals surface area contributed by atoms with Crippen molar-refractivity contribution in [1.29, 1.82) is 0 Å². The van der Waals surface area contributed by atoms with Gasteiger partial charge in [-0.3, -0.25) is 4.79 Å². The molecule has 26 heavy (non-hydrogen) atoms. The smallest absolute Gasteiger partial charge is 0.404 e. The fourth-order valence-electron chi connectivity index (χ4n) is 2.07. The zero-order chi connectivity index (χ0) is 18.7. The van der Waals surface area contributed by atoms with Crippen molar-refractivity contribution in [2.75, 3.05) is 0 Å². The molecule has 0 atom stereocenters. The van der Waals surface area contributed by atoms with Gasteiger partial charge < -0.3 is 18.9 Å². The third-order valence-corrected chi connectivity index (χ3v) is 3.75. The van der Waals surface area contributed by atoms with E-state index in [-0.39, 0.29) is 22.6 Å². The second-order valence-electron chi connectivity index (χ2n) is 5.17. The van der Waals surface area contributed by atoms with Gasteiger partial charge in [-0.15, -0.1) is 0 Å². The first kappa shape index (κ1) is 17.6. The van der Waals surface area contributed by atoms with Crippen LogP contribution in [0.5, 0.6) is 0 Å². The number of hydrogen-bond acceptors (Lipinski definition) is 7. The van der Waals surface area contributed by atoms with Crippen LogP contribution in [0.1, 0.15) is 27.8 Å². The van der Waals surface area contributed by atoms with E-state index in [9.17, 15) is 14.9 Å². The molecule has 0 fully saturated rings. The van der Waals surface area contributed by atoms with Crippen LogP contribution in [0.2, 0.25) is 0 Å². The maximum Gasteiger partial charge on any atom is 0.404 e. The first-order valence-corrected chi connectivity index (χ1v) is 8.07. The molecule has 3 aromatic rings.